The Hall–Kier alpha value is -2.10. The summed E-state index contributed by atoms with van der Waals surface area (Å²) in [6, 6.07) is 11.5. The smallest absolute Gasteiger partial charge is 0.264 e. The van der Waals surface area contributed by atoms with E-state index in [0.717, 1.165) is 35.2 Å². The number of benzene rings is 1. The molecule has 0 aliphatic rings. The predicted molar refractivity (Wildman–Crippen MR) is 84.6 cm³/mol. The van der Waals surface area contributed by atoms with E-state index in [1.54, 1.807) is 12.1 Å². The number of nitriles is 1. The van der Waals surface area contributed by atoms with Crippen molar-refractivity contribution in [3.63, 3.8) is 0 Å². The normalized spacial score (nSPS) is 11.4. The molecule has 1 aromatic heterocycles. The van der Waals surface area contributed by atoms with Gasteiger partial charge in [-0.1, -0.05) is 31.2 Å². The van der Waals surface area contributed by atoms with Crippen LogP contribution in [0.5, 0.6) is 0 Å². The van der Waals surface area contributed by atoms with Crippen molar-refractivity contribution >= 4 is 10.1 Å². The zero-order valence-corrected chi connectivity index (χ0v) is 13.6. The van der Waals surface area contributed by atoms with Crippen molar-refractivity contribution in [2.75, 3.05) is 6.26 Å². The van der Waals surface area contributed by atoms with E-state index in [-0.39, 0.29) is 6.61 Å². The first kappa shape index (κ1) is 16.3. The number of aromatic nitrogens is 1. The quantitative estimate of drug-likeness (QED) is 0.794. The molecule has 0 N–H and O–H groups in total. The van der Waals surface area contributed by atoms with Crippen LogP contribution in [0.25, 0.3) is 11.3 Å². The highest BCUT2D eigenvalue weighted by molar-refractivity contribution is 7.85. The Morgan fingerprint density at radius 3 is 2.41 bits per heavy atom. The van der Waals surface area contributed by atoms with Crippen LogP contribution in [0.4, 0.5) is 0 Å². The first-order valence-electron chi connectivity index (χ1n) is 6.88. The van der Waals surface area contributed by atoms with Crippen LogP contribution >= 0.6 is 0 Å². The van der Waals surface area contributed by atoms with E-state index >= 15 is 0 Å². The Balaban J connectivity index is 2.32. The maximum absolute atomic E-state index is 11.0. The summed E-state index contributed by atoms with van der Waals surface area (Å²) in [5, 5.41) is 9.29. The minimum Gasteiger partial charge on any atom is -0.347 e. The SMILES string of the molecule is CCc1cc(C#N)c(-c2ccc(COS(C)(=O)=O)cc2)n1C. The molecule has 1 aromatic carbocycles. The highest BCUT2D eigenvalue weighted by atomic mass is 32.2. The fourth-order valence-corrected chi connectivity index (χ4v) is 2.71. The maximum Gasteiger partial charge on any atom is 0.264 e. The van der Waals surface area contributed by atoms with Gasteiger partial charge in [-0.3, -0.25) is 4.18 Å². The third-order valence-electron chi connectivity index (χ3n) is 3.48. The average molecular weight is 318 g/mol. The molecule has 2 rings (SSSR count). The molecule has 0 amide bonds. The van der Waals surface area contributed by atoms with E-state index in [0.29, 0.717) is 5.56 Å². The zero-order valence-electron chi connectivity index (χ0n) is 12.8. The summed E-state index contributed by atoms with van der Waals surface area (Å²) in [6.07, 6.45) is 1.88. The van der Waals surface area contributed by atoms with E-state index in [9.17, 15) is 13.7 Å². The standard InChI is InChI=1S/C16H18N2O3S/c1-4-15-9-14(10-17)16(18(15)2)13-7-5-12(6-8-13)11-21-22(3,19)20/h5-9H,4,11H2,1-3H3. The third-order valence-corrected chi connectivity index (χ3v) is 4.03. The molecule has 0 radical (unpaired) electrons. The van der Waals surface area contributed by atoms with Crippen LogP contribution in [-0.2, 0) is 34.4 Å². The topological polar surface area (TPSA) is 72.1 Å². The van der Waals surface area contributed by atoms with Crippen molar-refractivity contribution in [1.29, 1.82) is 5.26 Å². The monoisotopic (exact) mass is 318 g/mol. The van der Waals surface area contributed by atoms with Gasteiger partial charge in [-0.25, -0.2) is 0 Å². The fourth-order valence-electron chi connectivity index (χ4n) is 2.36. The van der Waals surface area contributed by atoms with Gasteiger partial charge in [-0.05, 0) is 23.6 Å². The Kier molecular flexibility index (Phi) is 4.69. The van der Waals surface area contributed by atoms with Crippen LogP contribution in [0.1, 0.15) is 23.7 Å². The number of aryl methyl sites for hydroxylation is 1. The van der Waals surface area contributed by atoms with Crippen molar-refractivity contribution in [3.05, 3.63) is 47.2 Å². The Morgan fingerprint density at radius 1 is 1.27 bits per heavy atom. The summed E-state index contributed by atoms with van der Waals surface area (Å²) in [5.74, 6) is 0. The van der Waals surface area contributed by atoms with Crippen molar-refractivity contribution in [2.24, 2.45) is 7.05 Å². The van der Waals surface area contributed by atoms with Gasteiger partial charge in [0, 0.05) is 12.7 Å². The van der Waals surface area contributed by atoms with Crippen LogP contribution in [-0.4, -0.2) is 19.2 Å². The summed E-state index contributed by atoms with van der Waals surface area (Å²) < 4.78 is 28.8. The molecule has 0 atom stereocenters. The van der Waals surface area contributed by atoms with Gasteiger partial charge >= 0.3 is 0 Å². The highest BCUT2D eigenvalue weighted by Gasteiger charge is 2.13. The number of nitrogens with zero attached hydrogens (tertiary/aromatic N) is 2. The molecule has 0 aliphatic carbocycles. The molecule has 5 nitrogen and oxygen atoms in total. The third kappa shape index (κ3) is 3.56. The van der Waals surface area contributed by atoms with Crippen LogP contribution in [0.15, 0.2) is 30.3 Å². The summed E-state index contributed by atoms with van der Waals surface area (Å²) >= 11 is 0. The molecule has 0 saturated heterocycles. The van der Waals surface area contributed by atoms with Gasteiger partial charge in [-0.2, -0.15) is 13.7 Å². The average Bonchev–Trinajstić information content (AvgIpc) is 2.81. The molecule has 0 aliphatic heterocycles. The maximum atomic E-state index is 11.0. The molecule has 0 bridgehead atoms. The highest BCUT2D eigenvalue weighted by Crippen LogP contribution is 2.27. The van der Waals surface area contributed by atoms with Crippen molar-refractivity contribution in [2.45, 2.75) is 20.0 Å². The first-order valence-corrected chi connectivity index (χ1v) is 8.69. The lowest BCUT2D eigenvalue weighted by atomic mass is 10.1. The zero-order chi connectivity index (χ0) is 16.3. The second-order valence-electron chi connectivity index (χ2n) is 5.09. The molecular formula is C16H18N2O3S. The van der Waals surface area contributed by atoms with E-state index in [1.165, 1.54) is 0 Å². The Bertz CT molecular complexity index is 812. The lowest BCUT2D eigenvalue weighted by Gasteiger charge is -2.08. The second kappa shape index (κ2) is 6.34. The predicted octanol–water partition coefficient (Wildman–Crippen LogP) is 2.60. The van der Waals surface area contributed by atoms with Crippen molar-refractivity contribution < 1.29 is 12.6 Å². The van der Waals surface area contributed by atoms with Crippen molar-refractivity contribution in [1.82, 2.24) is 4.57 Å². The number of hydrogen-bond acceptors (Lipinski definition) is 4. The van der Waals surface area contributed by atoms with Gasteiger partial charge in [0.2, 0.25) is 0 Å². The fraction of sp³-hybridized carbons (Fsp3) is 0.312. The van der Waals surface area contributed by atoms with E-state index in [2.05, 4.69) is 6.07 Å². The molecule has 2 aromatic rings. The van der Waals surface area contributed by atoms with Crippen LogP contribution < -0.4 is 0 Å². The second-order valence-corrected chi connectivity index (χ2v) is 6.73. The first-order chi connectivity index (χ1) is 10.4. The largest absolute Gasteiger partial charge is 0.347 e. The minimum absolute atomic E-state index is 0.0115. The van der Waals surface area contributed by atoms with Gasteiger partial charge in [0.1, 0.15) is 6.07 Å². The van der Waals surface area contributed by atoms with Gasteiger partial charge < -0.3 is 4.57 Å². The Labute approximate surface area is 130 Å². The van der Waals surface area contributed by atoms with E-state index in [1.807, 2.05) is 36.7 Å². The molecule has 6 heteroatoms. The molecule has 1 heterocycles. The molecule has 22 heavy (non-hydrogen) atoms. The summed E-state index contributed by atoms with van der Waals surface area (Å²) in [5.41, 5.74) is 4.28. The summed E-state index contributed by atoms with van der Waals surface area (Å²) in [6.45, 7) is 2.06. The van der Waals surface area contributed by atoms with Crippen LogP contribution in [0, 0.1) is 11.3 Å². The van der Waals surface area contributed by atoms with E-state index < -0.39 is 10.1 Å². The molecule has 0 spiro atoms. The number of hydrogen-bond donors (Lipinski definition) is 0. The minimum atomic E-state index is -3.45. The lowest BCUT2D eigenvalue weighted by molar-refractivity contribution is 0.312. The molecule has 0 unspecified atom stereocenters. The summed E-state index contributed by atoms with van der Waals surface area (Å²) in [4.78, 5) is 0. The number of rotatable bonds is 5. The lowest BCUT2D eigenvalue weighted by Crippen LogP contribution is -2.02. The summed E-state index contributed by atoms with van der Waals surface area (Å²) in [7, 11) is -1.51. The van der Waals surface area contributed by atoms with Gasteiger partial charge in [0.15, 0.2) is 0 Å². The molecular weight excluding hydrogens is 300 g/mol. The van der Waals surface area contributed by atoms with E-state index in [4.69, 9.17) is 4.18 Å². The van der Waals surface area contributed by atoms with Gasteiger partial charge in [-0.15, -0.1) is 0 Å². The van der Waals surface area contributed by atoms with Crippen LogP contribution in [0.2, 0.25) is 0 Å². The van der Waals surface area contributed by atoms with Gasteiger partial charge in [0.05, 0.1) is 24.1 Å². The van der Waals surface area contributed by atoms with Crippen LogP contribution in [0.3, 0.4) is 0 Å². The van der Waals surface area contributed by atoms with Crippen molar-refractivity contribution in [3.8, 4) is 17.3 Å². The molecule has 0 saturated carbocycles. The molecule has 0 fully saturated rings. The molecule has 116 valence electrons. The van der Waals surface area contributed by atoms with Gasteiger partial charge in [0.25, 0.3) is 10.1 Å². The Morgan fingerprint density at radius 2 is 1.91 bits per heavy atom.